The van der Waals surface area contributed by atoms with E-state index in [0.29, 0.717) is 10.8 Å². The Bertz CT molecular complexity index is 428. The van der Waals surface area contributed by atoms with Crippen molar-refractivity contribution in [3.05, 3.63) is 34.6 Å². The summed E-state index contributed by atoms with van der Waals surface area (Å²) in [4.78, 5) is 3.85. The predicted octanol–water partition coefficient (Wildman–Crippen LogP) is 3.04. The molecule has 0 radical (unpaired) electrons. The van der Waals surface area contributed by atoms with Gasteiger partial charge in [-0.25, -0.2) is 0 Å². The maximum Gasteiger partial charge on any atom is 0.320 e. The van der Waals surface area contributed by atoms with E-state index in [0.717, 1.165) is 5.56 Å². The zero-order valence-corrected chi connectivity index (χ0v) is 7.88. The van der Waals surface area contributed by atoms with Gasteiger partial charge in [-0.15, -0.1) is 0 Å². The van der Waals surface area contributed by atoms with Gasteiger partial charge < -0.3 is 4.52 Å². The fraction of sp³-hybridized carbons (Fsp3) is 0. The lowest BCUT2D eigenvalue weighted by molar-refractivity contribution is 0.421. The molecule has 0 bridgehead atoms. The minimum atomic E-state index is 0.0231. The van der Waals surface area contributed by atoms with E-state index in [1.165, 1.54) is 0 Å². The van der Waals surface area contributed by atoms with Crippen molar-refractivity contribution in [3.8, 4) is 11.4 Å². The van der Waals surface area contributed by atoms with Crippen LogP contribution in [0.5, 0.6) is 0 Å². The molecule has 3 nitrogen and oxygen atoms in total. The summed E-state index contributed by atoms with van der Waals surface area (Å²) in [6.45, 7) is 0. The lowest BCUT2D eigenvalue weighted by Crippen LogP contribution is -1.79. The minimum Gasteiger partial charge on any atom is -0.321 e. The molecule has 1 heterocycles. The van der Waals surface area contributed by atoms with E-state index in [-0.39, 0.29) is 5.35 Å². The van der Waals surface area contributed by atoms with Gasteiger partial charge in [-0.3, -0.25) is 0 Å². The highest BCUT2D eigenvalue weighted by Crippen LogP contribution is 2.20. The second kappa shape index (κ2) is 3.36. The van der Waals surface area contributed by atoms with Gasteiger partial charge in [0.1, 0.15) is 0 Å². The predicted molar refractivity (Wildman–Crippen MR) is 49.8 cm³/mol. The van der Waals surface area contributed by atoms with Crippen molar-refractivity contribution in [2.45, 2.75) is 0 Å². The standard InChI is InChI=1S/C8H4Cl2N2O/c9-6-3-1-2-5(4-6)7-11-8(10)13-12-7/h1-4H. The van der Waals surface area contributed by atoms with Crippen LogP contribution in [0, 0.1) is 0 Å². The van der Waals surface area contributed by atoms with Crippen LogP contribution < -0.4 is 0 Å². The smallest absolute Gasteiger partial charge is 0.320 e. The molecule has 0 spiro atoms. The number of hydrogen-bond acceptors (Lipinski definition) is 3. The van der Waals surface area contributed by atoms with Crippen LogP contribution in [0.4, 0.5) is 0 Å². The summed E-state index contributed by atoms with van der Waals surface area (Å²) in [5.74, 6) is 0.438. The Labute approximate surface area is 84.3 Å². The van der Waals surface area contributed by atoms with Gasteiger partial charge in [-0.2, -0.15) is 4.98 Å². The summed E-state index contributed by atoms with van der Waals surface area (Å²) in [6, 6.07) is 7.14. The third kappa shape index (κ3) is 1.82. The van der Waals surface area contributed by atoms with Crippen LogP contribution in [0.3, 0.4) is 0 Å². The maximum absolute atomic E-state index is 5.78. The summed E-state index contributed by atoms with van der Waals surface area (Å²) in [6.07, 6.45) is 0. The monoisotopic (exact) mass is 214 g/mol. The normalized spacial score (nSPS) is 10.3. The average molecular weight is 215 g/mol. The summed E-state index contributed by atoms with van der Waals surface area (Å²) in [7, 11) is 0. The van der Waals surface area contributed by atoms with Gasteiger partial charge in [0.25, 0.3) is 0 Å². The van der Waals surface area contributed by atoms with Crippen LogP contribution >= 0.6 is 23.2 Å². The van der Waals surface area contributed by atoms with Gasteiger partial charge in [0.2, 0.25) is 5.82 Å². The second-order valence-electron chi connectivity index (χ2n) is 2.38. The van der Waals surface area contributed by atoms with Crippen LogP contribution in [-0.4, -0.2) is 10.1 Å². The van der Waals surface area contributed by atoms with Crippen LogP contribution in [0.2, 0.25) is 10.4 Å². The molecule has 0 aliphatic rings. The number of hydrogen-bond donors (Lipinski definition) is 0. The van der Waals surface area contributed by atoms with Crippen LogP contribution in [0.25, 0.3) is 11.4 Å². The zero-order valence-electron chi connectivity index (χ0n) is 6.37. The van der Waals surface area contributed by atoms with Crippen molar-refractivity contribution in [1.82, 2.24) is 10.1 Å². The molecule has 2 rings (SSSR count). The zero-order chi connectivity index (χ0) is 9.26. The second-order valence-corrected chi connectivity index (χ2v) is 3.14. The largest absolute Gasteiger partial charge is 0.321 e. The van der Waals surface area contributed by atoms with Crippen molar-refractivity contribution >= 4 is 23.2 Å². The van der Waals surface area contributed by atoms with Crippen LogP contribution in [0.1, 0.15) is 0 Å². The van der Waals surface area contributed by atoms with Crippen molar-refractivity contribution in [1.29, 1.82) is 0 Å². The molecule has 5 heteroatoms. The number of aromatic nitrogens is 2. The summed E-state index contributed by atoms with van der Waals surface area (Å²) in [5.41, 5.74) is 0.781. The molecule has 13 heavy (non-hydrogen) atoms. The molecule has 0 aliphatic heterocycles. The average Bonchev–Trinajstić information content (AvgIpc) is 2.52. The number of halogens is 2. The fourth-order valence-corrected chi connectivity index (χ4v) is 1.25. The first-order chi connectivity index (χ1) is 6.25. The fourth-order valence-electron chi connectivity index (χ4n) is 0.950. The summed E-state index contributed by atoms with van der Waals surface area (Å²) in [5, 5.41) is 4.30. The summed E-state index contributed by atoms with van der Waals surface area (Å²) < 4.78 is 4.62. The summed E-state index contributed by atoms with van der Waals surface area (Å²) >= 11 is 11.3. The van der Waals surface area contributed by atoms with E-state index in [4.69, 9.17) is 23.2 Å². The van der Waals surface area contributed by atoms with Crippen LogP contribution in [0.15, 0.2) is 28.8 Å². The van der Waals surface area contributed by atoms with Gasteiger partial charge in [0.15, 0.2) is 0 Å². The number of benzene rings is 1. The van der Waals surface area contributed by atoms with Gasteiger partial charge >= 0.3 is 5.35 Å². The Hall–Kier alpha value is -1.06. The molecular weight excluding hydrogens is 211 g/mol. The van der Waals surface area contributed by atoms with E-state index >= 15 is 0 Å². The molecule has 0 atom stereocenters. The lowest BCUT2D eigenvalue weighted by atomic mass is 10.2. The third-order valence-corrected chi connectivity index (χ3v) is 1.87. The quantitative estimate of drug-likeness (QED) is 0.733. The molecule has 1 aromatic heterocycles. The highest BCUT2D eigenvalue weighted by atomic mass is 35.5. The minimum absolute atomic E-state index is 0.0231. The Morgan fingerprint density at radius 2 is 2.08 bits per heavy atom. The molecule has 0 saturated heterocycles. The Morgan fingerprint density at radius 3 is 2.69 bits per heavy atom. The molecule has 1 aromatic carbocycles. The van der Waals surface area contributed by atoms with E-state index in [2.05, 4.69) is 14.7 Å². The molecule has 0 fully saturated rings. The molecule has 2 aromatic rings. The highest BCUT2D eigenvalue weighted by molar-refractivity contribution is 6.30. The maximum atomic E-state index is 5.78. The number of nitrogens with zero attached hydrogens (tertiary/aromatic N) is 2. The molecule has 0 amide bonds. The van der Waals surface area contributed by atoms with Gasteiger partial charge in [-0.1, -0.05) is 28.9 Å². The Kier molecular flexibility index (Phi) is 2.20. The lowest BCUT2D eigenvalue weighted by Gasteiger charge is -1.93. The van der Waals surface area contributed by atoms with E-state index in [1.807, 2.05) is 12.1 Å². The molecule has 0 aliphatic carbocycles. The van der Waals surface area contributed by atoms with Crippen molar-refractivity contribution in [3.63, 3.8) is 0 Å². The topological polar surface area (TPSA) is 38.9 Å². The van der Waals surface area contributed by atoms with E-state index in [9.17, 15) is 0 Å². The highest BCUT2D eigenvalue weighted by Gasteiger charge is 2.05. The molecule has 66 valence electrons. The molecule has 0 saturated carbocycles. The van der Waals surface area contributed by atoms with Crippen molar-refractivity contribution < 1.29 is 4.52 Å². The van der Waals surface area contributed by atoms with Gasteiger partial charge in [0.05, 0.1) is 0 Å². The van der Waals surface area contributed by atoms with Crippen molar-refractivity contribution in [2.24, 2.45) is 0 Å². The first-order valence-corrected chi connectivity index (χ1v) is 4.26. The molecule has 0 N–H and O–H groups in total. The first kappa shape index (κ1) is 8.53. The Balaban J connectivity index is 2.46. The van der Waals surface area contributed by atoms with Gasteiger partial charge in [-0.05, 0) is 23.7 Å². The van der Waals surface area contributed by atoms with Gasteiger partial charge in [0, 0.05) is 10.6 Å². The Morgan fingerprint density at radius 1 is 1.23 bits per heavy atom. The molecular formula is C8H4Cl2N2O. The third-order valence-electron chi connectivity index (χ3n) is 1.48. The van der Waals surface area contributed by atoms with Crippen molar-refractivity contribution in [2.75, 3.05) is 0 Å². The number of rotatable bonds is 1. The first-order valence-electron chi connectivity index (χ1n) is 3.51. The molecule has 0 unspecified atom stereocenters. The van der Waals surface area contributed by atoms with E-state index < -0.39 is 0 Å². The van der Waals surface area contributed by atoms with Crippen LogP contribution in [-0.2, 0) is 0 Å². The van der Waals surface area contributed by atoms with E-state index in [1.54, 1.807) is 12.1 Å². The SMILES string of the molecule is Clc1cccc(-c2noc(Cl)n2)c1.